The van der Waals surface area contributed by atoms with E-state index in [0.29, 0.717) is 13.0 Å². The van der Waals surface area contributed by atoms with Gasteiger partial charge in [0, 0.05) is 13.0 Å². The van der Waals surface area contributed by atoms with Crippen LogP contribution in [0.4, 0.5) is 4.79 Å². The minimum atomic E-state index is -0.877. The van der Waals surface area contributed by atoms with Crippen molar-refractivity contribution in [1.29, 1.82) is 0 Å². The van der Waals surface area contributed by atoms with Gasteiger partial charge in [0.15, 0.2) is 11.6 Å². The summed E-state index contributed by atoms with van der Waals surface area (Å²) in [6, 6.07) is -1.40. The van der Waals surface area contributed by atoms with Crippen LogP contribution in [-0.4, -0.2) is 50.5 Å². The predicted octanol–water partition coefficient (Wildman–Crippen LogP) is -0.865. The SMILES string of the molecule is CCCNC(=O)n1nnc([C](CC)C(=O)[C@@H](N)CCC(N)=O)n1. The second kappa shape index (κ2) is 8.93. The molecule has 1 heterocycles. The summed E-state index contributed by atoms with van der Waals surface area (Å²) in [4.78, 5) is 35.6. The van der Waals surface area contributed by atoms with Crippen LogP contribution in [0, 0.1) is 5.92 Å². The van der Waals surface area contributed by atoms with Crippen molar-refractivity contribution in [1.82, 2.24) is 25.5 Å². The van der Waals surface area contributed by atoms with Crippen molar-refractivity contribution in [2.45, 2.75) is 45.6 Å². The lowest BCUT2D eigenvalue weighted by Crippen LogP contribution is -2.36. The van der Waals surface area contributed by atoms with Gasteiger partial charge in [0.1, 0.15) is 5.92 Å². The van der Waals surface area contributed by atoms with E-state index in [1.165, 1.54) is 0 Å². The second-order valence-corrected chi connectivity index (χ2v) is 4.94. The standard InChI is InChI=1S/C13H22N7O3/c1-3-7-16-13(23)20-18-12(17-19-20)8(4-2)11(22)9(14)5-6-10(15)21/h9H,3-7,14H2,1-2H3,(H2,15,21)(H,16,23)/t9-/m0/s1. The van der Waals surface area contributed by atoms with Crippen molar-refractivity contribution in [3.63, 3.8) is 0 Å². The Balaban J connectivity index is 2.77. The Morgan fingerprint density at radius 1 is 1.30 bits per heavy atom. The van der Waals surface area contributed by atoms with Crippen LogP contribution in [0.3, 0.4) is 0 Å². The fourth-order valence-electron chi connectivity index (χ4n) is 1.82. The summed E-state index contributed by atoms with van der Waals surface area (Å²) >= 11 is 0. The van der Waals surface area contributed by atoms with Gasteiger partial charge in [-0.25, -0.2) is 4.79 Å². The highest BCUT2D eigenvalue weighted by molar-refractivity contribution is 5.99. The zero-order valence-corrected chi connectivity index (χ0v) is 13.3. The third-order valence-electron chi connectivity index (χ3n) is 3.08. The number of ketones is 1. The second-order valence-electron chi connectivity index (χ2n) is 4.94. The molecule has 0 unspecified atom stereocenters. The minimum absolute atomic E-state index is 0.0173. The van der Waals surface area contributed by atoms with E-state index in [0.717, 1.165) is 11.2 Å². The highest BCUT2D eigenvalue weighted by Crippen LogP contribution is 2.17. The van der Waals surface area contributed by atoms with Gasteiger partial charge in [0.05, 0.1) is 6.04 Å². The number of rotatable bonds is 9. The largest absolute Gasteiger partial charge is 0.370 e. The zero-order valence-electron chi connectivity index (χ0n) is 13.3. The van der Waals surface area contributed by atoms with Crippen molar-refractivity contribution in [3.05, 3.63) is 11.7 Å². The number of hydrogen-bond donors (Lipinski definition) is 3. The Kier molecular flexibility index (Phi) is 7.26. The maximum absolute atomic E-state index is 12.3. The van der Waals surface area contributed by atoms with Crippen LogP contribution in [-0.2, 0) is 9.59 Å². The summed E-state index contributed by atoms with van der Waals surface area (Å²) in [5.41, 5.74) is 10.8. The van der Waals surface area contributed by atoms with E-state index in [4.69, 9.17) is 11.5 Å². The lowest BCUT2D eigenvalue weighted by Gasteiger charge is -2.14. The number of aromatic nitrogens is 4. The summed E-state index contributed by atoms with van der Waals surface area (Å²) in [5, 5.41) is 13.9. The van der Waals surface area contributed by atoms with Crippen LogP contribution < -0.4 is 16.8 Å². The smallest absolute Gasteiger partial charge is 0.360 e. The third-order valence-corrected chi connectivity index (χ3v) is 3.08. The number of primary amides is 1. The van der Waals surface area contributed by atoms with E-state index in [1.54, 1.807) is 6.92 Å². The topological polar surface area (TPSA) is 159 Å². The normalized spacial score (nSPS) is 12.2. The highest BCUT2D eigenvalue weighted by atomic mass is 16.2. The minimum Gasteiger partial charge on any atom is -0.370 e. The molecule has 5 N–H and O–H groups in total. The van der Waals surface area contributed by atoms with Crippen molar-refractivity contribution >= 4 is 17.7 Å². The van der Waals surface area contributed by atoms with E-state index in [2.05, 4.69) is 20.7 Å². The summed E-state index contributed by atoms with van der Waals surface area (Å²) < 4.78 is 0. The molecule has 2 amide bonds. The number of amides is 2. The molecule has 10 heteroatoms. The first kappa shape index (κ1) is 18.7. The molecule has 0 saturated carbocycles. The van der Waals surface area contributed by atoms with E-state index < -0.39 is 18.0 Å². The van der Waals surface area contributed by atoms with Crippen molar-refractivity contribution in [2.24, 2.45) is 11.5 Å². The average molecular weight is 324 g/mol. The van der Waals surface area contributed by atoms with Crippen LogP contribution >= 0.6 is 0 Å². The van der Waals surface area contributed by atoms with E-state index in [-0.39, 0.29) is 30.4 Å². The number of nitrogens with one attached hydrogen (secondary N) is 1. The first-order chi connectivity index (χ1) is 10.9. The molecule has 1 aromatic rings. The van der Waals surface area contributed by atoms with Crippen molar-refractivity contribution in [2.75, 3.05) is 6.54 Å². The molecular weight excluding hydrogens is 302 g/mol. The molecule has 1 atom stereocenters. The van der Waals surface area contributed by atoms with Gasteiger partial charge >= 0.3 is 6.03 Å². The fourth-order valence-corrected chi connectivity index (χ4v) is 1.82. The van der Waals surface area contributed by atoms with Crippen LogP contribution in [0.2, 0.25) is 0 Å². The first-order valence-electron chi connectivity index (χ1n) is 7.43. The monoisotopic (exact) mass is 324 g/mol. The Hall–Kier alpha value is -2.36. The van der Waals surface area contributed by atoms with Crippen LogP contribution in [0.15, 0.2) is 0 Å². The molecule has 1 radical (unpaired) electrons. The van der Waals surface area contributed by atoms with Crippen molar-refractivity contribution in [3.8, 4) is 0 Å². The molecule has 10 nitrogen and oxygen atoms in total. The van der Waals surface area contributed by atoms with Gasteiger partial charge in [-0.05, 0) is 24.5 Å². The Morgan fingerprint density at radius 2 is 2.00 bits per heavy atom. The Bertz CT molecular complexity index is 558. The molecule has 0 aliphatic rings. The first-order valence-corrected chi connectivity index (χ1v) is 7.43. The molecule has 0 aliphatic heterocycles. The maximum Gasteiger partial charge on any atom is 0.360 e. The zero-order chi connectivity index (χ0) is 17.4. The number of hydrogen-bond acceptors (Lipinski definition) is 7. The van der Waals surface area contributed by atoms with Crippen molar-refractivity contribution < 1.29 is 14.4 Å². The number of carbonyl (C=O) groups is 3. The molecule has 127 valence electrons. The molecule has 0 bridgehead atoms. The number of nitrogens with zero attached hydrogens (tertiary/aromatic N) is 4. The van der Waals surface area contributed by atoms with Gasteiger partial charge in [0.25, 0.3) is 0 Å². The van der Waals surface area contributed by atoms with Gasteiger partial charge in [-0.2, -0.15) is 0 Å². The van der Waals surface area contributed by atoms with Gasteiger partial charge in [-0.15, -0.1) is 10.2 Å². The lowest BCUT2D eigenvalue weighted by molar-refractivity contribution is -0.119. The highest BCUT2D eigenvalue weighted by Gasteiger charge is 2.29. The van der Waals surface area contributed by atoms with Crippen LogP contribution in [0.25, 0.3) is 0 Å². The van der Waals surface area contributed by atoms with Crippen LogP contribution in [0.5, 0.6) is 0 Å². The summed E-state index contributed by atoms with van der Waals surface area (Å²) in [6.07, 6.45) is 1.25. The number of tetrazole rings is 1. The molecule has 0 aliphatic carbocycles. The summed E-state index contributed by atoms with van der Waals surface area (Å²) in [7, 11) is 0. The maximum atomic E-state index is 12.3. The van der Waals surface area contributed by atoms with E-state index >= 15 is 0 Å². The lowest BCUT2D eigenvalue weighted by atomic mass is 9.93. The molecular formula is C13H22N7O3. The molecule has 23 heavy (non-hydrogen) atoms. The average Bonchev–Trinajstić information content (AvgIpc) is 3.00. The Morgan fingerprint density at radius 3 is 2.57 bits per heavy atom. The summed E-state index contributed by atoms with van der Waals surface area (Å²) in [5.74, 6) is -0.597. The van der Waals surface area contributed by atoms with Gasteiger partial charge in [-0.1, -0.05) is 18.6 Å². The van der Waals surface area contributed by atoms with Gasteiger partial charge in [0.2, 0.25) is 5.91 Å². The Labute approximate surface area is 134 Å². The van der Waals surface area contributed by atoms with E-state index in [9.17, 15) is 14.4 Å². The number of Topliss-reactive ketones (excluding diaryl/α,β-unsaturated/α-hetero) is 1. The molecule has 0 fully saturated rings. The van der Waals surface area contributed by atoms with E-state index in [1.807, 2.05) is 6.92 Å². The van der Waals surface area contributed by atoms with Gasteiger partial charge < -0.3 is 16.8 Å². The fraction of sp³-hybridized carbons (Fsp3) is 0.615. The molecule has 1 aromatic heterocycles. The number of carbonyl (C=O) groups excluding carboxylic acids is 3. The number of nitrogens with two attached hydrogens (primary N) is 2. The summed E-state index contributed by atoms with van der Waals surface area (Å²) in [6.45, 7) is 4.14. The third kappa shape index (κ3) is 5.40. The molecule has 0 spiro atoms. The van der Waals surface area contributed by atoms with Gasteiger partial charge in [-0.3, -0.25) is 9.59 Å². The molecule has 0 aromatic carbocycles. The van der Waals surface area contributed by atoms with Crippen LogP contribution in [0.1, 0.15) is 45.4 Å². The molecule has 1 rings (SSSR count). The quantitative estimate of drug-likeness (QED) is 0.532. The predicted molar refractivity (Wildman–Crippen MR) is 81.0 cm³/mol. The molecule has 0 saturated heterocycles.